The number of nitrogens with one attached hydrogen (secondary N) is 1. The van der Waals surface area contributed by atoms with Crippen molar-refractivity contribution in [1.29, 1.82) is 5.26 Å². The van der Waals surface area contributed by atoms with Gasteiger partial charge >= 0.3 is 0 Å². The van der Waals surface area contributed by atoms with E-state index in [0.29, 0.717) is 25.3 Å². The molecule has 2 aromatic rings. The van der Waals surface area contributed by atoms with Crippen LogP contribution in [-0.2, 0) is 4.79 Å². The highest BCUT2D eigenvalue weighted by Gasteiger charge is 2.11. The minimum absolute atomic E-state index is 0.0221. The molecule has 0 aliphatic rings. The van der Waals surface area contributed by atoms with Gasteiger partial charge in [0.2, 0.25) is 5.91 Å². The molecule has 2 aromatic carbocycles. The van der Waals surface area contributed by atoms with Crippen molar-refractivity contribution in [1.82, 2.24) is 4.90 Å². The highest BCUT2D eigenvalue weighted by atomic mass is 16.5. The molecule has 0 unspecified atom stereocenters. The fourth-order valence-corrected chi connectivity index (χ4v) is 2.61. The van der Waals surface area contributed by atoms with Gasteiger partial charge in [-0.1, -0.05) is 25.1 Å². The Morgan fingerprint density at radius 2 is 1.88 bits per heavy atom. The molecule has 0 aliphatic heterocycles. The first-order chi connectivity index (χ1) is 12.6. The van der Waals surface area contributed by atoms with Crippen molar-refractivity contribution in [2.75, 3.05) is 31.6 Å². The molecule has 0 atom stereocenters. The van der Waals surface area contributed by atoms with Crippen molar-refractivity contribution in [2.24, 2.45) is 0 Å². The summed E-state index contributed by atoms with van der Waals surface area (Å²) in [6.07, 6.45) is 0.967. The average molecular weight is 351 g/mol. The van der Waals surface area contributed by atoms with Gasteiger partial charge in [-0.2, -0.15) is 5.26 Å². The Bertz CT molecular complexity index is 751. The number of nitriles is 1. The maximum absolute atomic E-state index is 12.3. The molecule has 0 aliphatic carbocycles. The van der Waals surface area contributed by atoms with E-state index in [-0.39, 0.29) is 5.91 Å². The van der Waals surface area contributed by atoms with Gasteiger partial charge in [0.05, 0.1) is 18.2 Å². The van der Waals surface area contributed by atoms with Crippen molar-refractivity contribution in [3.63, 3.8) is 0 Å². The van der Waals surface area contributed by atoms with Crippen LogP contribution in [0.5, 0.6) is 5.75 Å². The number of nitrogens with zero attached hydrogens (tertiary/aromatic N) is 2. The summed E-state index contributed by atoms with van der Waals surface area (Å²) in [5, 5.41) is 11.8. The molecular formula is C21H25N3O2. The predicted octanol–water partition coefficient (Wildman–Crippen LogP) is 3.60. The minimum atomic E-state index is -0.0221. The average Bonchev–Trinajstić information content (AvgIpc) is 2.64. The second-order valence-electron chi connectivity index (χ2n) is 6.12. The first-order valence-electron chi connectivity index (χ1n) is 8.83. The molecular weight excluding hydrogens is 326 g/mol. The van der Waals surface area contributed by atoms with Gasteiger partial charge in [0.1, 0.15) is 12.4 Å². The number of rotatable bonds is 9. The van der Waals surface area contributed by atoms with Crippen LogP contribution < -0.4 is 10.1 Å². The van der Waals surface area contributed by atoms with Crippen LogP contribution >= 0.6 is 0 Å². The van der Waals surface area contributed by atoms with E-state index in [2.05, 4.69) is 23.2 Å². The number of hydrogen-bond acceptors (Lipinski definition) is 4. The van der Waals surface area contributed by atoms with Crippen LogP contribution in [0.15, 0.2) is 48.5 Å². The van der Waals surface area contributed by atoms with E-state index in [1.165, 1.54) is 0 Å². The largest absolute Gasteiger partial charge is 0.492 e. The SMILES string of the molecule is CCCN(CCOc1ccc(C#N)cc1)CC(=O)Nc1ccccc1C. The third kappa shape index (κ3) is 6.23. The number of aryl methyl sites for hydroxylation is 1. The first-order valence-corrected chi connectivity index (χ1v) is 8.83. The molecule has 5 heteroatoms. The lowest BCUT2D eigenvalue weighted by atomic mass is 10.2. The Kier molecular flexibility index (Phi) is 7.66. The minimum Gasteiger partial charge on any atom is -0.492 e. The molecule has 0 fully saturated rings. The fourth-order valence-electron chi connectivity index (χ4n) is 2.61. The van der Waals surface area contributed by atoms with E-state index in [4.69, 9.17) is 10.00 Å². The van der Waals surface area contributed by atoms with Crippen molar-refractivity contribution < 1.29 is 9.53 Å². The molecule has 2 rings (SSSR count). The maximum atomic E-state index is 12.3. The van der Waals surface area contributed by atoms with Crippen LogP contribution in [0.3, 0.4) is 0 Å². The van der Waals surface area contributed by atoms with Crippen molar-refractivity contribution in [3.8, 4) is 11.8 Å². The monoisotopic (exact) mass is 351 g/mol. The zero-order valence-electron chi connectivity index (χ0n) is 15.4. The highest BCUT2D eigenvalue weighted by Crippen LogP contribution is 2.13. The number of carbonyl (C=O) groups excluding carboxylic acids is 1. The molecule has 0 aromatic heterocycles. The standard InChI is InChI=1S/C21H25N3O2/c1-3-12-24(13-14-26-19-10-8-18(15-22)9-11-19)16-21(25)23-20-7-5-4-6-17(20)2/h4-11H,3,12-14,16H2,1-2H3,(H,23,25). The summed E-state index contributed by atoms with van der Waals surface area (Å²) in [6, 6.07) is 16.9. The number of ether oxygens (including phenoxy) is 1. The number of para-hydroxylation sites is 1. The topological polar surface area (TPSA) is 65.4 Å². The smallest absolute Gasteiger partial charge is 0.238 e. The lowest BCUT2D eigenvalue weighted by molar-refractivity contribution is -0.117. The van der Waals surface area contributed by atoms with E-state index in [9.17, 15) is 4.79 Å². The molecule has 26 heavy (non-hydrogen) atoms. The lowest BCUT2D eigenvalue weighted by Crippen LogP contribution is -2.36. The van der Waals surface area contributed by atoms with E-state index in [1.54, 1.807) is 24.3 Å². The molecule has 0 saturated carbocycles. The van der Waals surface area contributed by atoms with Crippen LogP contribution in [0.2, 0.25) is 0 Å². The van der Waals surface area contributed by atoms with Gasteiger partial charge in [-0.05, 0) is 55.8 Å². The maximum Gasteiger partial charge on any atom is 0.238 e. The second kappa shape index (κ2) is 10.2. The summed E-state index contributed by atoms with van der Waals surface area (Å²) in [4.78, 5) is 14.4. The summed E-state index contributed by atoms with van der Waals surface area (Å²) in [5.74, 6) is 0.705. The van der Waals surface area contributed by atoms with E-state index >= 15 is 0 Å². The molecule has 0 spiro atoms. The lowest BCUT2D eigenvalue weighted by Gasteiger charge is -2.21. The first kappa shape index (κ1) is 19.5. The van der Waals surface area contributed by atoms with Gasteiger partial charge in [0.25, 0.3) is 0 Å². The van der Waals surface area contributed by atoms with Crippen molar-refractivity contribution in [3.05, 3.63) is 59.7 Å². The molecule has 0 heterocycles. The molecule has 1 N–H and O–H groups in total. The Balaban J connectivity index is 1.82. The number of hydrogen-bond donors (Lipinski definition) is 1. The van der Waals surface area contributed by atoms with Gasteiger partial charge in [-0.25, -0.2) is 0 Å². The van der Waals surface area contributed by atoms with Crippen molar-refractivity contribution in [2.45, 2.75) is 20.3 Å². The van der Waals surface area contributed by atoms with Gasteiger partial charge in [0, 0.05) is 12.2 Å². The van der Waals surface area contributed by atoms with Gasteiger partial charge in [0.15, 0.2) is 0 Å². The van der Waals surface area contributed by atoms with Crippen LogP contribution in [0.25, 0.3) is 0 Å². The quantitative estimate of drug-likeness (QED) is 0.750. The van der Waals surface area contributed by atoms with Crippen LogP contribution in [0.4, 0.5) is 5.69 Å². The zero-order valence-corrected chi connectivity index (χ0v) is 15.4. The summed E-state index contributed by atoms with van der Waals surface area (Å²) < 4.78 is 5.72. The summed E-state index contributed by atoms with van der Waals surface area (Å²) in [5.41, 5.74) is 2.51. The normalized spacial score (nSPS) is 10.4. The Morgan fingerprint density at radius 1 is 1.15 bits per heavy atom. The van der Waals surface area contributed by atoms with Crippen molar-refractivity contribution >= 4 is 11.6 Å². The second-order valence-corrected chi connectivity index (χ2v) is 6.12. The molecule has 5 nitrogen and oxygen atoms in total. The zero-order chi connectivity index (χ0) is 18.8. The highest BCUT2D eigenvalue weighted by molar-refractivity contribution is 5.92. The molecule has 1 amide bonds. The Labute approximate surface area is 155 Å². The van der Waals surface area contributed by atoms with Gasteiger partial charge in [-0.3, -0.25) is 9.69 Å². The van der Waals surface area contributed by atoms with E-state index < -0.39 is 0 Å². The third-order valence-corrected chi connectivity index (χ3v) is 3.99. The van der Waals surface area contributed by atoms with Gasteiger partial charge in [-0.15, -0.1) is 0 Å². The van der Waals surface area contributed by atoms with E-state index in [0.717, 1.165) is 30.0 Å². The number of amides is 1. The van der Waals surface area contributed by atoms with Crippen LogP contribution in [-0.4, -0.2) is 37.0 Å². The summed E-state index contributed by atoms with van der Waals surface area (Å²) in [6.45, 7) is 6.38. The number of anilines is 1. The Morgan fingerprint density at radius 3 is 2.54 bits per heavy atom. The predicted molar refractivity (Wildman–Crippen MR) is 103 cm³/mol. The summed E-state index contributed by atoms with van der Waals surface area (Å²) in [7, 11) is 0. The number of benzene rings is 2. The third-order valence-electron chi connectivity index (χ3n) is 3.99. The van der Waals surface area contributed by atoms with E-state index in [1.807, 2.05) is 31.2 Å². The molecule has 0 radical (unpaired) electrons. The molecule has 0 saturated heterocycles. The fraction of sp³-hybridized carbons (Fsp3) is 0.333. The van der Waals surface area contributed by atoms with Gasteiger partial charge < -0.3 is 10.1 Å². The number of carbonyl (C=O) groups is 1. The summed E-state index contributed by atoms with van der Waals surface area (Å²) >= 11 is 0. The Hall–Kier alpha value is -2.84. The molecule has 0 bridgehead atoms. The van der Waals surface area contributed by atoms with Crippen LogP contribution in [0, 0.1) is 18.3 Å². The molecule has 136 valence electrons. The van der Waals surface area contributed by atoms with Crippen LogP contribution in [0.1, 0.15) is 24.5 Å².